The molecule has 0 saturated carbocycles. The lowest BCUT2D eigenvalue weighted by atomic mass is 10.0. The van der Waals surface area contributed by atoms with Gasteiger partial charge in [-0.25, -0.2) is 8.42 Å². The second-order valence-electron chi connectivity index (χ2n) is 7.00. The zero-order valence-corrected chi connectivity index (χ0v) is 17.3. The highest BCUT2D eigenvalue weighted by Crippen LogP contribution is 2.25. The first kappa shape index (κ1) is 20.4. The second-order valence-corrected chi connectivity index (χ2v) is 9.26. The molecule has 1 aliphatic heterocycles. The monoisotopic (exact) mass is 402 g/mol. The molecule has 0 atom stereocenters. The molecule has 3 rings (SSSR count). The summed E-state index contributed by atoms with van der Waals surface area (Å²) < 4.78 is 31.4. The Bertz CT molecular complexity index is 986. The summed E-state index contributed by atoms with van der Waals surface area (Å²) in [6, 6.07) is 11.4. The Balaban J connectivity index is 1.65. The maximum atomic E-state index is 12.3. The minimum Gasteiger partial charge on any atom is -0.483 e. The minimum absolute atomic E-state index is 0.0856. The van der Waals surface area contributed by atoms with E-state index in [9.17, 15) is 13.2 Å². The molecular weight excluding hydrogens is 376 g/mol. The molecule has 2 aromatic rings. The van der Waals surface area contributed by atoms with Crippen molar-refractivity contribution in [2.45, 2.75) is 33.7 Å². The zero-order valence-electron chi connectivity index (χ0n) is 16.5. The predicted octanol–water partition coefficient (Wildman–Crippen LogP) is 3.03. The van der Waals surface area contributed by atoms with E-state index in [0.29, 0.717) is 30.9 Å². The summed E-state index contributed by atoms with van der Waals surface area (Å²) >= 11 is 0. The highest BCUT2D eigenvalue weighted by molar-refractivity contribution is 7.89. The number of amides is 1. The van der Waals surface area contributed by atoms with Crippen molar-refractivity contribution in [3.8, 4) is 5.75 Å². The summed E-state index contributed by atoms with van der Waals surface area (Å²) in [6.45, 7) is 6.36. The van der Waals surface area contributed by atoms with Crippen LogP contribution in [0.25, 0.3) is 0 Å². The van der Waals surface area contributed by atoms with Crippen LogP contribution in [0.4, 0.5) is 5.69 Å². The van der Waals surface area contributed by atoms with Gasteiger partial charge in [0, 0.05) is 18.8 Å². The SMILES string of the molecule is CCS(=O)(=O)N1CCc2ccc(NC(=O)COc3cccc(C)c3C)cc2C1. The standard InChI is InChI=1S/C21H26N2O4S/c1-4-28(25,26)23-11-10-17-8-9-19(12-18(17)13-23)22-21(24)14-27-20-7-5-6-15(2)16(20)3/h5-9,12H,4,10-11,13-14H2,1-3H3,(H,22,24). The third-order valence-electron chi connectivity index (χ3n) is 5.14. The number of hydrogen-bond donors (Lipinski definition) is 1. The number of carbonyl (C=O) groups excluding carboxylic acids is 1. The Morgan fingerprint density at radius 2 is 1.96 bits per heavy atom. The summed E-state index contributed by atoms with van der Waals surface area (Å²) in [7, 11) is -3.22. The number of ether oxygens (including phenoxy) is 1. The normalized spacial score (nSPS) is 14.4. The van der Waals surface area contributed by atoms with Gasteiger partial charge in [0.05, 0.1) is 5.75 Å². The maximum absolute atomic E-state index is 12.3. The largest absolute Gasteiger partial charge is 0.483 e. The fourth-order valence-electron chi connectivity index (χ4n) is 3.25. The molecule has 0 saturated heterocycles. The van der Waals surface area contributed by atoms with Crippen LogP contribution in [-0.2, 0) is 27.8 Å². The first-order valence-corrected chi connectivity index (χ1v) is 11.0. The van der Waals surface area contributed by atoms with Crippen LogP contribution in [0, 0.1) is 13.8 Å². The van der Waals surface area contributed by atoms with Gasteiger partial charge in [-0.2, -0.15) is 4.31 Å². The molecule has 0 aromatic heterocycles. The molecule has 0 bridgehead atoms. The number of nitrogens with zero attached hydrogens (tertiary/aromatic N) is 1. The van der Waals surface area contributed by atoms with Crippen molar-refractivity contribution in [3.05, 3.63) is 58.7 Å². The number of sulfonamides is 1. The lowest BCUT2D eigenvalue weighted by molar-refractivity contribution is -0.118. The summed E-state index contributed by atoms with van der Waals surface area (Å²) in [6.07, 6.45) is 0.679. The fourth-order valence-corrected chi connectivity index (χ4v) is 4.32. The molecule has 1 amide bonds. The van der Waals surface area contributed by atoms with Crippen molar-refractivity contribution in [3.63, 3.8) is 0 Å². The lowest BCUT2D eigenvalue weighted by Crippen LogP contribution is -2.36. The van der Waals surface area contributed by atoms with E-state index >= 15 is 0 Å². The Labute approximate surface area is 166 Å². The molecule has 7 heteroatoms. The van der Waals surface area contributed by atoms with Crippen molar-refractivity contribution in [1.82, 2.24) is 4.31 Å². The van der Waals surface area contributed by atoms with Crippen molar-refractivity contribution in [1.29, 1.82) is 0 Å². The molecule has 6 nitrogen and oxygen atoms in total. The maximum Gasteiger partial charge on any atom is 0.262 e. The van der Waals surface area contributed by atoms with E-state index in [2.05, 4.69) is 5.32 Å². The number of benzene rings is 2. The number of anilines is 1. The van der Waals surface area contributed by atoms with Gasteiger partial charge in [0.15, 0.2) is 6.61 Å². The molecule has 1 N–H and O–H groups in total. The summed E-state index contributed by atoms with van der Waals surface area (Å²) in [5.74, 6) is 0.532. The molecular formula is C21H26N2O4S. The average Bonchev–Trinajstić information content (AvgIpc) is 2.68. The van der Waals surface area contributed by atoms with Crippen LogP contribution in [-0.4, -0.2) is 37.5 Å². The zero-order chi connectivity index (χ0) is 20.3. The Morgan fingerprint density at radius 3 is 2.71 bits per heavy atom. The number of fused-ring (bicyclic) bond motifs is 1. The quantitative estimate of drug-likeness (QED) is 0.806. The average molecular weight is 403 g/mol. The van der Waals surface area contributed by atoms with Crippen molar-refractivity contribution in [2.24, 2.45) is 0 Å². The van der Waals surface area contributed by atoms with E-state index in [1.807, 2.05) is 50.2 Å². The van der Waals surface area contributed by atoms with Crippen LogP contribution >= 0.6 is 0 Å². The van der Waals surface area contributed by atoms with Crippen LogP contribution in [0.5, 0.6) is 5.75 Å². The fraction of sp³-hybridized carbons (Fsp3) is 0.381. The second kappa shape index (κ2) is 8.32. The van der Waals surface area contributed by atoms with Crippen LogP contribution in [0.1, 0.15) is 29.2 Å². The van der Waals surface area contributed by atoms with Gasteiger partial charge < -0.3 is 10.1 Å². The number of aryl methyl sites for hydroxylation is 1. The van der Waals surface area contributed by atoms with Crippen molar-refractivity contribution >= 4 is 21.6 Å². The first-order chi connectivity index (χ1) is 13.3. The van der Waals surface area contributed by atoms with E-state index in [-0.39, 0.29) is 18.3 Å². The van der Waals surface area contributed by atoms with Crippen LogP contribution in [0.3, 0.4) is 0 Å². The van der Waals surface area contributed by atoms with E-state index in [1.165, 1.54) is 4.31 Å². The van der Waals surface area contributed by atoms with Gasteiger partial charge in [-0.3, -0.25) is 4.79 Å². The first-order valence-electron chi connectivity index (χ1n) is 9.38. The van der Waals surface area contributed by atoms with E-state index < -0.39 is 10.0 Å². The van der Waals surface area contributed by atoms with Crippen molar-refractivity contribution in [2.75, 3.05) is 24.2 Å². The van der Waals surface area contributed by atoms with Crippen LogP contribution in [0.2, 0.25) is 0 Å². The van der Waals surface area contributed by atoms with E-state index in [4.69, 9.17) is 4.74 Å². The molecule has 0 radical (unpaired) electrons. The lowest BCUT2D eigenvalue weighted by Gasteiger charge is -2.28. The number of rotatable bonds is 6. The Hall–Kier alpha value is -2.38. The predicted molar refractivity (Wildman–Crippen MR) is 110 cm³/mol. The summed E-state index contributed by atoms with van der Waals surface area (Å²) in [5.41, 5.74) is 4.81. The van der Waals surface area contributed by atoms with Gasteiger partial charge >= 0.3 is 0 Å². The number of hydrogen-bond acceptors (Lipinski definition) is 4. The summed E-state index contributed by atoms with van der Waals surface area (Å²) in [4.78, 5) is 12.3. The van der Waals surface area contributed by atoms with Gasteiger partial charge in [0.25, 0.3) is 5.91 Å². The topological polar surface area (TPSA) is 75.7 Å². The van der Waals surface area contributed by atoms with Crippen molar-refractivity contribution < 1.29 is 17.9 Å². The third-order valence-corrected chi connectivity index (χ3v) is 6.97. The highest BCUT2D eigenvalue weighted by atomic mass is 32.2. The Morgan fingerprint density at radius 1 is 1.18 bits per heavy atom. The molecule has 0 spiro atoms. The molecule has 0 fully saturated rings. The summed E-state index contributed by atoms with van der Waals surface area (Å²) in [5, 5.41) is 2.83. The Kier molecular flexibility index (Phi) is 6.05. The van der Waals surface area contributed by atoms with Gasteiger partial charge in [-0.05, 0) is 67.6 Å². The van der Waals surface area contributed by atoms with Crippen LogP contribution < -0.4 is 10.1 Å². The molecule has 0 aliphatic carbocycles. The third kappa shape index (κ3) is 4.54. The van der Waals surface area contributed by atoms with Crippen LogP contribution in [0.15, 0.2) is 36.4 Å². The van der Waals surface area contributed by atoms with Gasteiger partial charge in [-0.1, -0.05) is 18.2 Å². The van der Waals surface area contributed by atoms with Gasteiger partial charge in [-0.15, -0.1) is 0 Å². The molecule has 28 heavy (non-hydrogen) atoms. The molecule has 2 aromatic carbocycles. The molecule has 1 heterocycles. The number of nitrogens with one attached hydrogen (secondary N) is 1. The smallest absolute Gasteiger partial charge is 0.262 e. The van der Waals surface area contributed by atoms with E-state index in [0.717, 1.165) is 22.3 Å². The van der Waals surface area contributed by atoms with Gasteiger partial charge in [0.1, 0.15) is 5.75 Å². The van der Waals surface area contributed by atoms with E-state index in [1.54, 1.807) is 6.92 Å². The molecule has 0 unspecified atom stereocenters. The minimum atomic E-state index is -3.22. The highest BCUT2D eigenvalue weighted by Gasteiger charge is 2.25. The molecule has 1 aliphatic rings. The number of carbonyl (C=O) groups is 1. The van der Waals surface area contributed by atoms with Gasteiger partial charge in [0.2, 0.25) is 10.0 Å². The molecule has 150 valence electrons.